The number of anilines is 1. The monoisotopic (exact) mass is 398 g/mol. The first-order valence-electron chi connectivity index (χ1n) is 10.8. The molecule has 1 amide bonds. The highest BCUT2D eigenvalue weighted by Gasteiger charge is 2.20. The lowest BCUT2D eigenvalue weighted by atomic mass is 9.93. The number of carbonyl (C=O) groups is 1. The number of nitrogens with zero attached hydrogens (tertiary/aromatic N) is 2. The number of amides is 1. The van der Waals surface area contributed by atoms with E-state index in [1.165, 1.54) is 6.42 Å². The molecule has 1 aromatic carbocycles. The van der Waals surface area contributed by atoms with Gasteiger partial charge in [0.05, 0.1) is 23.3 Å². The summed E-state index contributed by atoms with van der Waals surface area (Å²) in [4.78, 5) is 21.8. The maximum atomic E-state index is 12.8. The van der Waals surface area contributed by atoms with Gasteiger partial charge >= 0.3 is 0 Å². The molecule has 1 saturated heterocycles. The Morgan fingerprint density at radius 2 is 2.03 bits per heavy atom. The van der Waals surface area contributed by atoms with E-state index >= 15 is 0 Å². The van der Waals surface area contributed by atoms with Gasteiger partial charge in [0.2, 0.25) is 5.95 Å². The van der Waals surface area contributed by atoms with E-state index in [4.69, 9.17) is 4.74 Å². The Morgan fingerprint density at radius 3 is 2.83 bits per heavy atom. The number of carbonyl (C=O) groups excluding carboxylic acids is 1. The molecule has 3 N–H and O–H groups in total. The minimum atomic E-state index is -0.195. The van der Waals surface area contributed by atoms with Crippen LogP contribution in [0.2, 0.25) is 0 Å². The third-order valence-electron chi connectivity index (χ3n) is 5.91. The van der Waals surface area contributed by atoms with Gasteiger partial charge in [0.1, 0.15) is 0 Å². The average Bonchev–Trinajstić information content (AvgIpc) is 2.75. The molecule has 1 aliphatic carbocycles. The van der Waals surface area contributed by atoms with E-state index in [0.29, 0.717) is 23.6 Å². The van der Waals surface area contributed by atoms with E-state index < -0.39 is 0 Å². The van der Waals surface area contributed by atoms with Gasteiger partial charge in [-0.25, -0.2) is 9.97 Å². The van der Waals surface area contributed by atoms with Gasteiger partial charge in [-0.05, 0) is 57.4 Å². The summed E-state index contributed by atoms with van der Waals surface area (Å²) in [7, 11) is 0. The van der Waals surface area contributed by atoms with Gasteiger partial charge < -0.3 is 20.5 Å². The first-order valence-corrected chi connectivity index (χ1v) is 10.8. The van der Waals surface area contributed by atoms with Gasteiger partial charge in [-0.2, -0.15) is 0 Å². The summed E-state index contributed by atoms with van der Waals surface area (Å²) < 4.78 is 5.73. The molecule has 0 spiro atoms. The number of aliphatic hydroxyl groups is 1. The van der Waals surface area contributed by atoms with Gasteiger partial charge in [0.25, 0.3) is 5.91 Å². The first-order chi connectivity index (χ1) is 14.2. The average molecular weight is 399 g/mol. The van der Waals surface area contributed by atoms with Gasteiger partial charge in [-0.3, -0.25) is 4.79 Å². The highest BCUT2D eigenvalue weighted by atomic mass is 16.5. The van der Waals surface area contributed by atoms with Crippen LogP contribution in [-0.4, -0.2) is 52.4 Å². The standard InChI is InChI=1S/C22H30N4O3/c27-17-9-7-16(8-10-17)25-22-24-14-15-4-3-6-19(20(15)26-22)21(28)23-12-11-18-5-1-2-13-29-18/h3-4,6,14,16-18,27H,1-2,5,7-13H2,(H,23,28)(H,24,25,26)/t16-,17-,18?. The van der Waals surface area contributed by atoms with Crippen LogP contribution in [0.5, 0.6) is 0 Å². The molecule has 29 heavy (non-hydrogen) atoms. The normalized spacial score (nSPS) is 24.9. The number of fused-ring (bicyclic) bond motifs is 1. The van der Waals surface area contributed by atoms with E-state index in [1.54, 1.807) is 6.20 Å². The summed E-state index contributed by atoms with van der Waals surface area (Å²) in [6.45, 7) is 1.43. The van der Waals surface area contributed by atoms with Crippen molar-refractivity contribution < 1.29 is 14.6 Å². The second-order valence-electron chi connectivity index (χ2n) is 8.12. The van der Waals surface area contributed by atoms with E-state index in [1.807, 2.05) is 18.2 Å². The number of hydrogen-bond donors (Lipinski definition) is 3. The molecule has 1 aliphatic heterocycles. The minimum absolute atomic E-state index is 0.114. The van der Waals surface area contributed by atoms with Crippen molar-refractivity contribution >= 4 is 22.8 Å². The third kappa shape index (κ3) is 5.22. The van der Waals surface area contributed by atoms with E-state index in [9.17, 15) is 9.90 Å². The fourth-order valence-electron chi connectivity index (χ4n) is 4.19. The second kappa shape index (κ2) is 9.50. The number of aromatic nitrogens is 2. The number of nitrogens with one attached hydrogen (secondary N) is 2. The molecule has 2 heterocycles. The predicted molar refractivity (Wildman–Crippen MR) is 112 cm³/mol. The predicted octanol–water partition coefficient (Wildman–Crippen LogP) is 3.03. The Hall–Kier alpha value is -2.25. The number of rotatable bonds is 6. The second-order valence-corrected chi connectivity index (χ2v) is 8.12. The quantitative estimate of drug-likeness (QED) is 0.692. The molecule has 1 unspecified atom stereocenters. The molecule has 0 radical (unpaired) electrons. The van der Waals surface area contributed by atoms with Crippen LogP contribution in [-0.2, 0) is 4.74 Å². The Balaban J connectivity index is 1.41. The van der Waals surface area contributed by atoms with E-state index in [-0.39, 0.29) is 24.2 Å². The Kier molecular flexibility index (Phi) is 6.56. The van der Waals surface area contributed by atoms with Crippen molar-refractivity contribution in [3.63, 3.8) is 0 Å². The van der Waals surface area contributed by atoms with Crippen molar-refractivity contribution in [2.24, 2.45) is 0 Å². The van der Waals surface area contributed by atoms with Crippen LogP contribution < -0.4 is 10.6 Å². The van der Waals surface area contributed by atoms with Crippen LogP contribution in [0, 0.1) is 0 Å². The molecule has 2 aliphatic rings. The third-order valence-corrected chi connectivity index (χ3v) is 5.91. The molecule has 1 aromatic heterocycles. The summed E-state index contributed by atoms with van der Waals surface area (Å²) in [5.74, 6) is 0.423. The Labute approximate surface area is 171 Å². The Morgan fingerprint density at radius 1 is 1.17 bits per heavy atom. The number of para-hydroxylation sites is 1. The highest BCUT2D eigenvalue weighted by Crippen LogP contribution is 2.23. The van der Waals surface area contributed by atoms with Gasteiger partial charge in [-0.15, -0.1) is 0 Å². The van der Waals surface area contributed by atoms with Crippen molar-refractivity contribution in [3.05, 3.63) is 30.0 Å². The van der Waals surface area contributed by atoms with Crippen molar-refractivity contribution in [2.75, 3.05) is 18.5 Å². The van der Waals surface area contributed by atoms with Gasteiger partial charge in [0.15, 0.2) is 0 Å². The molecule has 2 fully saturated rings. The SMILES string of the molecule is O=C(NCCC1CCCCO1)c1cccc2cnc(N[C@H]3CC[C@H](O)CC3)nc12. The molecule has 7 nitrogen and oxygen atoms in total. The van der Waals surface area contributed by atoms with Crippen LogP contribution >= 0.6 is 0 Å². The Bertz CT molecular complexity index is 830. The van der Waals surface area contributed by atoms with Crippen LogP contribution in [0.1, 0.15) is 61.7 Å². The topological polar surface area (TPSA) is 96.4 Å². The number of ether oxygens (including phenoxy) is 1. The van der Waals surface area contributed by atoms with Crippen LogP contribution in [0.15, 0.2) is 24.4 Å². The maximum Gasteiger partial charge on any atom is 0.253 e. The molecule has 7 heteroatoms. The molecule has 1 saturated carbocycles. The molecule has 2 aromatic rings. The molecule has 0 bridgehead atoms. The lowest BCUT2D eigenvalue weighted by Crippen LogP contribution is -2.30. The van der Waals surface area contributed by atoms with Gasteiger partial charge in [0, 0.05) is 30.8 Å². The van der Waals surface area contributed by atoms with Crippen molar-refractivity contribution in [3.8, 4) is 0 Å². The molecular formula is C22H30N4O3. The lowest BCUT2D eigenvalue weighted by Gasteiger charge is -2.26. The largest absolute Gasteiger partial charge is 0.393 e. The number of aliphatic hydroxyl groups excluding tert-OH is 1. The molecule has 1 atom stereocenters. The highest BCUT2D eigenvalue weighted by molar-refractivity contribution is 6.05. The minimum Gasteiger partial charge on any atom is -0.393 e. The maximum absolute atomic E-state index is 12.8. The zero-order chi connectivity index (χ0) is 20.1. The summed E-state index contributed by atoms with van der Waals surface area (Å²) >= 11 is 0. The smallest absolute Gasteiger partial charge is 0.253 e. The molecule has 4 rings (SSSR count). The van der Waals surface area contributed by atoms with Gasteiger partial charge in [-0.1, -0.05) is 12.1 Å². The zero-order valence-electron chi connectivity index (χ0n) is 16.8. The zero-order valence-corrected chi connectivity index (χ0v) is 16.8. The fourth-order valence-corrected chi connectivity index (χ4v) is 4.19. The summed E-state index contributed by atoms with van der Waals surface area (Å²) in [6, 6.07) is 5.85. The van der Waals surface area contributed by atoms with Crippen LogP contribution in [0.4, 0.5) is 5.95 Å². The number of hydrogen-bond acceptors (Lipinski definition) is 6. The summed E-state index contributed by atoms with van der Waals surface area (Å²) in [5, 5.41) is 16.9. The van der Waals surface area contributed by atoms with Crippen LogP contribution in [0.25, 0.3) is 10.9 Å². The fraction of sp³-hybridized carbons (Fsp3) is 0.591. The molecular weight excluding hydrogens is 368 g/mol. The van der Waals surface area contributed by atoms with Crippen molar-refractivity contribution in [1.82, 2.24) is 15.3 Å². The van der Waals surface area contributed by atoms with E-state index in [0.717, 1.165) is 56.9 Å². The van der Waals surface area contributed by atoms with Crippen molar-refractivity contribution in [1.29, 1.82) is 0 Å². The lowest BCUT2D eigenvalue weighted by molar-refractivity contribution is 0.0117. The first kappa shape index (κ1) is 20.0. The van der Waals surface area contributed by atoms with E-state index in [2.05, 4.69) is 20.6 Å². The summed E-state index contributed by atoms with van der Waals surface area (Å²) in [5.41, 5.74) is 1.23. The summed E-state index contributed by atoms with van der Waals surface area (Å²) in [6.07, 6.45) is 9.45. The van der Waals surface area contributed by atoms with Crippen molar-refractivity contribution in [2.45, 2.75) is 69.6 Å². The molecule has 156 valence electrons. The number of benzene rings is 1. The van der Waals surface area contributed by atoms with Crippen LogP contribution in [0.3, 0.4) is 0 Å².